The molecule has 0 unspecified atom stereocenters. The molecule has 0 spiro atoms. The number of hydrogen-bond acceptors (Lipinski definition) is 7. The second-order valence-electron chi connectivity index (χ2n) is 9.45. The fraction of sp³-hybridized carbons (Fsp3) is 0.708. The minimum absolute atomic E-state index is 0.143. The van der Waals surface area contributed by atoms with Crippen molar-refractivity contribution in [1.29, 1.82) is 0 Å². The summed E-state index contributed by atoms with van der Waals surface area (Å²) >= 11 is 3.35. The van der Waals surface area contributed by atoms with Crippen LogP contribution in [0.25, 0.3) is 0 Å². The fourth-order valence-corrected chi connectivity index (χ4v) is 6.61. The van der Waals surface area contributed by atoms with Crippen molar-refractivity contribution in [3.63, 3.8) is 0 Å². The van der Waals surface area contributed by atoms with Crippen molar-refractivity contribution in [2.45, 2.75) is 84.3 Å². The van der Waals surface area contributed by atoms with Crippen molar-refractivity contribution in [3.8, 4) is 5.19 Å². The quantitative estimate of drug-likeness (QED) is 0.612. The highest BCUT2D eigenvalue weighted by atomic mass is 32.1. The molecule has 8 heteroatoms. The number of rotatable bonds is 8. The standard InChI is InChI=1S/C24H36N4O2S2/c1-16(2)30-24-27-21-9-12-28(13-10-22(21)32-24)11-8-18-4-6-19(7-5-18)26-23(29)14-20-15-25-17(3)31-20/h15-16,18-19H,4-14H2,1-3H3,(H,26,29). The van der Waals surface area contributed by atoms with Crippen molar-refractivity contribution >= 4 is 28.6 Å². The number of fused-ring (bicyclic) bond motifs is 1. The van der Waals surface area contributed by atoms with Crippen molar-refractivity contribution in [1.82, 2.24) is 20.2 Å². The Morgan fingerprint density at radius 1 is 1.22 bits per heavy atom. The summed E-state index contributed by atoms with van der Waals surface area (Å²) in [6.07, 6.45) is 10.5. The Balaban J connectivity index is 1.14. The van der Waals surface area contributed by atoms with Crippen LogP contribution in [0.3, 0.4) is 0 Å². The highest BCUT2D eigenvalue weighted by Crippen LogP contribution is 2.30. The molecule has 1 fully saturated rings. The van der Waals surface area contributed by atoms with Crippen molar-refractivity contribution < 1.29 is 9.53 Å². The van der Waals surface area contributed by atoms with E-state index in [0.717, 1.165) is 59.8 Å². The van der Waals surface area contributed by atoms with E-state index in [1.807, 2.05) is 13.1 Å². The zero-order valence-electron chi connectivity index (χ0n) is 19.6. The van der Waals surface area contributed by atoms with Gasteiger partial charge in [-0.15, -0.1) is 11.3 Å². The Morgan fingerprint density at radius 2 is 2.00 bits per heavy atom. The van der Waals surface area contributed by atoms with E-state index in [-0.39, 0.29) is 12.0 Å². The van der Waals surface area contributed by atoms with Crippen molar-refractivity contribution in [3.05, 3.63) is 26.7 Å². The van der Waals surface area contributed by atoms with Crippen LogP contribution >= 0.6 is 22.7 Å². The number of amides is 1. The lowest BCUT2D eigenvalue weighted by Crippen LogP contribution is -2.38. The van der Waals surface area contributed by atoms with Gasteiger partial charge < -0.3 is 15.0 Å². The van der Waals surface area contributed by atoms with Gasteiger partial charge in [0, 0.05) is 41.5 Å². The zero-order chi connectivity index (χ0) is 22.5. The van der Waals surface area contributed by atoms with Gasteiger partial charge in [0.05, 0.1) is 23.2 Å². The molecule has 3 heterocycles. The third-order valence-corrected chi connectivity index (χ3v) is 8.45. The van der Waals surface area contributed by atoms with E-state index in [0.29, 0.717) is 12.5 Å². The Hall–Kier alpha value is -1.51. The first-order valence-electron chi connectivity index (χ1n) is 12.0. The van der Waals surface area contributed by atoms with E-state index < -0.39 is 0 Å². The molecule has 1 N–H and O–H groups in total. The fourth-order valence-electron chi connectivity index (χ4n) is 4.75. The number of carbonyl (C=O) groups excluding carboxylic acids is 1. The largest absolute Gasteiger partial charge is 0.467 e. The van der Waals surface area contributed by atoms with Gasteiger partial charge in [0.1, 0.15) is 0 Å². The average molecular weight is 477 g/mol. The number of carbonyl (C=O) groups is 1. The van der Waals surface area contributed by atoms with Crippen LogP contribution in [0.5, 0.6) is 5.19 Å². The summed E-state index contributed by atoms with van der Waals surface area (Å²) in [5, 5.41) is 5.11. The second-order valence-corrected chi connectivity index (χ2v) is 11.8. The normalized spacial score (nSPS) is 21.9. The maximum atomic E-state index is 12.3. The number of nitrogens with zero attached hydrogens (tertiary/aromatic N) is 3. The monoisotopic (exact) mass is 476 g/mol. The van der Waals surface area contributed by atoms with Crippen LogP contribution in [0.4, 0.5) is 0 Å². The van der Waals surface area contributed by atoms with E-state index in [2.05, 4.69) is 29.0 Å². The van der Waals surface area contributed by atoms with Crippen LogP contribution in [-0.2, 0) is 24.1 Å². The molecule has 2 aliphatic rings. The molecule has 0 radical (unpaired) electrons. The summed E-state index contributed by atoms with van der Waals surface area (Å²) in [6.45, 7) is 9.49. The molecule has 0 saturated heterocycles. The lowest BCUT2D eigenvalue weighted by molar-refractivity contribution is -0.121. The first kappa shape index (κ1) is 23.6. The topological polar surface area (TPSA) is 67.4 Å². The molecule has 2 aromatic heterocycles. The molecule has 6 nitrogen and oxygen atoms in total. The summed E-state index contributed by atoms with van der Waals surface area (Å²) in [7, 11) is 0. The molecule has 1 aliphatic heterocycles. The Kier molecular flexibility index (Phi) is 8.18. The molecule has 2 aromatic rings. The molecule has 32 heavy (non-hydrogen) atoms. The minimum atomic E-state index is 0.143. The van der Waals surface area contributed by atoms with Gasteiger partial charge in [-0.3, -0.25) is 4.79 Å². The summed E-state index contributed by atoms with van der Waals surface area (Å²) < 4.78 is 5.79. The smallest absolute Gasteiger partial charge is 0.273 e. The number of ether oxygens (including phenoxy) is 1. The number of aromatic nitrogens is 2. The molecule has 0 aromatic carbocycles. The van der Waals surface area contributed by atoms with Gasteiger partial charge in [-0.05, 0) is 71.8 Å². The first-order chi connectivity index (χ1) is 15.4. The van der Waals surface area contributed by atoms with Gasteiger partial charge in [-0.2, -0.15) is 0 Å². The Labute approximate surface area is 199 Å². The van der Waals surface area contributed by atoms with Crippen LogP contribution in [0, 0.1) is 12.8 Å². The Morgan fingerprint density at radius 3 is 2.72 bits per heavy atom. The molecule has 4 rings (SSSR count). The maximum absolute atomic E-state index is 12.3. The first-order valence-corrected chi connectivity index (χ1v) is 13.7. The third-order valence-electron chi connectivity index (χ3n) is 6.48. The van der Waals surface area contributed by atoms with Crippen molar-refractivity contribution in [2.75, 3.05) is 19.6 Å². The predicted octanol–water partition coefficient (Wildman–Crippen LogP) is 4.40. The molecule has 1 aliphatic carbocycles. The highest BCUT2D eigenvalue weighted by molar-refractivity contribution is 7.13. The number of nitrogens with one attached hydrogen (secondary N) is 1. The van der Waals surface area contributed by atoms with Crippen LogP contribution in [0.1, 0.15) is 66.4 Å². The van der Waals surface area contributed by atoms with E-state index in [1.165, 1.54) is 36.4 Å². The Bertz CT molecular complexity index is 861. The van der Waals surface area contributed by atoms with E-state index in [1.54, 1.807) is 22.7 Å². The number of hydrogen-bond donors (Lipinski definition) is 1. The van der Waals surface area contributed by atoms with E-state index in [9.17, 15) is 4.79 Å². The third kappa shape index (κ3) is 6.75. The van der Waals surface area contributed by atoms with Gasteiger partial charge in [-0.25, -0.2) is 9.97 Å². The molecular weight excluding hydrogens is 440 g/mol. The van der Waals surface area contributed by atoms with Gasteiger partial charge >= 0.3 is 0 Å². The molecule has 1 saturated carbocycles. The number of aryl methyl sites for hydroxylation is 1. The molecule has 0 bridgehead atoms. The van der Waals surface area contributed by atoms with Crippen LogP contribution in [0.15, 0.2) is 6.20 Å². The summed E-state index contributed by atoms with van der Waals surface area (Å²) in [4.78, 5) is 26.4. The molecule has 1 amide bonds. The van der Waals surface area contributed by atoms with Crippen molar-refractivity contribution in [2.24, 2.45) is 5.92 Å². The predicted molar refractivity (Wildman–Crippen MR) is 131 cm³/mol. The minimum Gasteiger partial charge on any atom is -0.467 e. The molecular formula is C24H36N4O2S2. The molecule has 176 valence electrons. The van der Waals surface area contributed by atoms with E-state index in [4.69, 9.17) is 9.72 Å². The van der Waals surface area contributed by atoms with Crippen LogP contribution in [-0.4, -0.2) is 52.6 Å². The average Bonchev–Trinajstić information content (AvgIpc) is 3.27. The van der Waals surface area contributed by atoms with Gasteiger partial charge in [0.2, 0.25) is 5.91 Å². The van der Waals surface area contributed by atoms with Gasteiger partial charge in [0.25, 0.3) is 5.19 Å². The van der Waals surface area contributed by atoms with Gasteiger partial charge in [0.15, 0.2) is 0 Å². The number of thiazole rings is 2. The maximum Gasteiger partial charge on any atom is 0.273 e. The molecule has 0 atom stereocenters. The second kappa shape index (κ2) is 11.1. The highest BCUT2D eigenvalue weighted by Gasteiger charge is 2.24. The summed E-state index contributed by atoms with van der Waals surface area (Å²) in [6, 6.07) is 0.343. The van der Waals surface area contributed by atoms with Gasteiger partial charge in [-0.1, -0.05) is 11.3 Å². The summed E-state index contributed by atoms with van der Waals surface area (Å²) in [5.74, 6) is 0.929. The summed E-state index contributed by atoms with van der Waals surface area (Å²) in [5.41, 5.74) is 1.25. The lowest BCUT2D eigenvalue weighted by Gasteiger charge is -2.30. The van der Waals surface area contributed by atoms with Crippen LogP contribution < -0.4 is 10.1 Å². The lowest BCUT2D eigenvalue weighted by atomic mass is 9.84. The zero-order valence-corrected chi connectivity index (χ0v) is 21.2. The van der Waals surface area contributed by atoms with E-state index >= 15 is 0 Å². The SMILES string of the molecule is Cc1ncc(CC(=O)NC2CCC(CCN3CCc4nc(OC(C)C)sc4CC3)CC2)s1. The van der Waals surface area contributed by atoms with Crippen LogP contribution in [0.2, 0.25) is 0 Å².